The van der Waals surface area contributed by atoms with E-state index < -0.39 is 17.5 Å². The first kappa shape index (κ1) is 14.3. The second kappa shape index (κ2) is 5.92. The van der Waals surface area contributed by atoms with Crippen LogP contribution in [0.2, 0.25) is 0 Å². The highest BCUT2D eigenvalue weighted by Crippen LogP contribution is 2.20. The SMILES string of the molecule is NC(=S)c1ccc(OCc2c(F)cccc2F)cc1F. The maximum absolute atomic E-state index is 13.6. The van der Waals surface area contributed by atoms with E-state index in [0.717, 1.165) is 18.2 Å². The van der Waals surface area contributed by atoms with Crippen LogP contribution < -0.4 is 10.5 Å². The Hall–Kier alpha value is -2.08. The van der Waals surface area contributed by atoms with Crippen LogP contribution in [0.15, 0.2) is 36.4 Å². The van der Waals surface area contributed by atoms with Crippen LogP contribution in [-0.4, -0.2) is 4.99 Å². The monoisotopic (exact) mass is 297 g/mol. The molecular formula is C14H10F3NOS. The molecule has 0 amide bonds. The predicted molar refractivity (Wildman–Crippen MR) is 73.0 cm³/mol. The minimum absolute atomic E-state index is 0.0748. The van der Waals surface area contributed by atoms with Gasteiger partial charge in [-0.3, -0.25) is 0 Å². The molecule has 0 spiro atoms. The molecule has 0 fully saturated rings. The van der Waals surface area contributed by atoms with Crippen molar-refractivity contribution in [2.45, 2.75) is 6.61 Å². The lowest BCUT2D eigenvalue weighted by atomic mass is 10.2. The summed E-state index contributed by atoms with van der Waals surface area (Å²) < 4.78 is 45.5. The number of rotatable bonds is 4. The zero-order valence-corrected chi connectivity index (χ0v) is 11.0. The number of halogens is 3. The summed E-state index contributed by atoms with van der Waals surface area (Å²) in [5.74, 6) is -1.95. The van der Waals surface area contributed by atoms with E-state index in [1.807, 2.05) is 0 Å². The van der Waals surface area contributed by atoms with Crippen molar-refractivity contribution in [1.29, 1.82) is 0 Å². The molecule has 104 valence electrons. The van der Waals surface area contributed by atoms with Crippen LogP contribution in [0.5, 0.6) is 5.75 Å². The van der Waals surface area contributed by atoms with Gasteiger partial charge in [-0.1, -0.05) is 18.3 Å². The largest absolute Gasteiger partial charge is 0.489 e. The summed E-state index contributed by atoms with van der Waals surface area (Å²) in [6.07, 6.45) is 0. The Kier molecular flexibility index (Phi) is 4.24. The summed E-state index contributed by atoms with van der Waals surface area (Å²) in [6.45, 7) is -0.343. The molecule has 2 aromatic rings. The molecule has 2 aromatic carbocycles. The minimum atomic E-state index is -0.717. The molecule has 0 aliphatic heterocycles. The molecule has 0 heterocycles. The zero-order valence-electron chi connectivity index (χ0n) is 10.2. The Balaban J connectivity index is 2.16. The molecule has 20 heavy (non-hydrogen) atoms. The first-order valence-electron chi connectivity index (χ1n) is 5.64. The molecular weight excluding hydrogens is 287 g/mol. The van der Waals surface area contributed by atoms with Gasteiger partial charge in [0.15, 0.2) is 0 Å². The van der Waals surface area contributed by atoms with Gasteiger partial charge in [0, 0.05) is 11.6 Å². The molecule has 0 saturated heterocycles. The Morgan fingerprint density at radius 2 is 1.70 bits per heavy atom. The van der Waals surface area contributed by atoms with Crippen LogP contribution in [-0.2, 0) is 6.61 Å². The van der Waals surface area contributed by atoms with Crippen molar-refractivity contribution in [2.24, 2.45) is 5.73 Å². The number of thiocarbonyl (C=S) groups is 1. The Labute approximate surface area is 119 Å². The van der Waals surface area contributed by atoms with Crippen LogP contribution in [0.4, 0.5) is 13.2 Å². The third kappa shape index (κ3) is 3.08. The molecule has 0 unspecified atom stereocenters. The summed E-state index contributed by atoms with van der Waals surface area (Å²) in [5, 5.41) is 0. The van der Waals surface area contributed by atoms with Gasteiger partial charge in [0.2, 0.25) is 0 Å². The molecule has 0 aliphatic rings. The van der Waals surface area contributed by atoms with Gasteiger partial charge in [0.25, 0.3) is 0 Å². The lowest BCUT2D eigenvalue weighted by Crippen LogP contribution is -2.11. The van der Waals surface area contributed by atoms with Gasteiger partial charge in [0.1, 0.15) is 34.8 Å². The fraction of sp³-hybridized carbons (Fsp3) is 0.0714. The van der Waals surface area contributed by atoms with E-state index in [-0.39, 0.29) is 28.5 Å². The Bertz CT molecular complexity index is 641. The Morgan fingerprint density at radius 1 is 1.05 bits per heavy atom. The van der Waals surface area contributed by atoms with Gasteiger partial charge < -0.3 is 10.5 Å². The highest BCUT2D eigenvalue weighted by Gasteiger charge is 2.10. The molecule has 2 rings (SSSR count). The first-order valence-corrected chi connectivity index (χ1v) is 6.05. The van der Waals surface area contributed by atoms with Crippen molar-refractivity contribution in [3.63, 3.8) is 0 Å². The molecule has 0 saturated carbocycles. The number of hydrogen-bond acceptors (Lipinski definition) is 2. The summed E-state index contributed by atoms with van der Waals surface area (Å²) in [5.41, 5.74) is 5.19. The third-order valence-corrected chi connectivity index (χ3v) is 2.87. The average molecular weight is 297 g/mol. The smallest absolute Gasteiger partial charge is 0.137 e. The van der Waals surface area contributed by atoms with E-state index in [2.05, 4.69) is 12.2 Å². The van der Waals surface area contributed by atoms with Crippen LogP contribution >= 0.6 is 12.2 Å². The van der Waals surface area contributed by atoms with Gasteiger partial charge in [-0.25, -0.2) is 13.2 Å². The van der Waals surface area contributed by atoms with Crippen LogP contribution in [0.25, 0.3) is 0 Å². The van der Waals surface area contributed by atoms with Gasteiger partial charge in [-0.2, -0.15) is 0 Å². The summed E-state index contributed by atoms with van der Waals surface area (Å²) in [7, 11) is 0. The predicted octanol–water partition coefficient (Wildman–Crippen LogP) is 3.32. The van der Waals surface area contributed by atoms with Crippen molar-refractivity contribution in [2.75, 3.05) is 0 Å². The summed E-state index contributed by atoms with van der Waals surface area (Å²) >= 11 is 4.67. The van der Waals surface area contributed by atoms with Crippen LogP contribution in [0.1, 0.15) is 11.1 Å². The molecule has 0 aliphatic carbocycles. The number of nitrogens with two attached hydrogens (primary N) is 1. The van der Waals surface area contributed by atoms with E-state index in [4.69, 9.17) is 10.5 Å². The third-order valence-electron chi connectivity index (χ3n) is 2.65. The maximum Gasteiger partial charge on any atom is 0.137 e. The molecule has 0 aromatic heterocycles. The van der Waals surface area contributed by atoms with Crippen molar-refractivity contribution >= 4 is 17.2 Å². The lowest BCUT2D eigenvalue weighted by molar-refractivity contribution is 0.291. The molecule has 0 atom stereocenters. The van der Waals surface area contributed by atoms with Gasteiger partial charge >= 0.3 is 0 Å². The van der Waals surface area contributed by atoms with Crippen molar-refractivity contribution in [1.82, 2.24) is 0 Å². The second-order valence-electron chi connectivity index (χ2n) is 3.99. The normalized spacial score (nSPS) is 10.3. The molecule has 6 heteroatoms. The number of ether oxygens (including phenoxy) is 1. The molecule has 0 radical (unpaired) electrons. The second-order valence-corrected chi connectivity index (χ2v) is 4.43. The van der Waals surface area contributed by atoms with E-state index in [1.165, 1.54) is 18.2 Å². The van der Waals surface area contributed by atoms with Gasteiger partial charge in [-0.05, 0) is 24.3 Å². The standard InChI is InChI=1S/C14H10F3NOS/c15-11-2-1-3-12(16)10(11)7-19-8-4-5-9(14(18)20)13(17)6-8/h1-6H,7H2,(H2,18,20). The van der Waals surface area contributed by atoms with E-state index >= 15 is 0 Å². The van der Waals surface area contributed by atoms with Gasteiger partial charge in [0.05, 0.1) is 5.56 Å². The quantitative estimate of drug-likeness (QED) is 0.879. The van der Waals surface area contributed by atoms with Crippen molar-refractivity contribution < 1.29 is 17.9 Å². The molecule has 2 nitrogen and oxygen atoms in total. The highest BCUT2D eigenvalue weighted by molar-refractivity contribution is 7.80. The van der Waals surface area contributed by atoms with Crippen molar-refractivity contribution in [3.05, 3.63) is 65.0 Å². The fourth-order valence-corrected chi connectivity index (χ4v) is 1.78. The van der Waals surface area contributed by atoms with Crippen molar-refractivity contribution in [3.8, 4) is 5.75 Å². The highest BCUT2D eigenvalue weighted by atomic mass is 32.1. The van der Waals surface area contributed by atoms with E-state index in [9.17, 15) is 13.2 Å². The number of hydrogen-bond donors (Lipinski definition) is 1. The summed E-state index contributed by atoms with van der Waals surface area (Å²) in [4.78, 5) is -0.0748. The average Bonchev–Trinajstić information content (AvgIpc) is 2.37. The number of benzene rings is 2. The van der Waals surface area contributed by atoms with Crippen LogP contribution in [0.3, 0.4) is 0 Å². The Morgan fingerprint density at radius 3 is 2.25 bits per heavy atom. The molecule has 0 bridgehead atoms. The van der Waals surface area contributed by atoms with Crippen LogP contribution in [0, 0.1) is 17.5 Å². The first-order chi connectivity index (χ1) is 9.49. The topological polar surface area (TPSA) is 35.2 Å². The fourth-order valence-electron chi connectivity index (χ4n) is 1.61. The van der Waals surface area contributed by atoms with E-state index in [1.54, 1.807) is 0 Å². The molecule has 2 N–H and O–H groups in total. The minimum Gasteiger partial charge on any atom is -0.489 e. The van der Waals surface area contributed by atoms with E-state index in [0.29, 0.717) is 0 Å². The maximum atomic E-state index is 13.6. The summed E-state index contributed by atoms with van der Waals surface area (Å²) in [6, 6.07) is 7.34. The van der Waals surface area contributed by atoms with Gasteiger partial charge in [-0.15, -0.1) is 0 Å². The lowest BCUT2D eigenvalue weighted by Gasteiger charge is -2.09. The zero-order chi connectivity index (χ0) is 14.7.